The number of carbonyl (C=O) groups excluding carboxylic acids is 1. The maximum Gasteiger partial charge on any atom is 0.248 e. The second-order valence-corrected chi connectivity index (χ2v) is 10.5. The van der Waals surface area contributed by atoms with Crippen LogP contribution in [0.2, 0.25) is 5.02 Å². The van der Waals surface area contributed by atoms with Crippen LogP contribution in [0.25, 0.3) is 5.65 Å². The molecule has 1 saturated carbocycles. The molecule has 3 aromatic rings. The largest absolute Gasteiger partial charge is 0.399 e. The maximum absolute atomic E-state index is 12.0. The van der Waals surface area contributed by atoms with Crippen molar-refractivity contribution in [3.63, 3.8) is 0 Å². The molecule has 2 aliphatic heterocycles. The maximum atomic E-state index is 12.0. The molecule has 0 bridgehead atoms. The van der Waals surface area contributed by atoms with Crippen molar-refractivity contribution >= 4 is 52.0 Å². The highest BCUT2D eigenvalue weighted by atomic mass is 35.5. The minimum Gasteiger partial charge on any atom is -0.399 e. The summed E-state index contributed by atoms with van der Waals surface area (Å²) in [5, 5.41) is 21.1. The lowest BCUT2D eigenvalue weighted by molar-refractivity contribution is -0.142. The third-order valence-corrected chi connectivity index (χ3v) is 7.77. The summed E-state index contributed by atoms with van der Waals surface area (Å²) in [6.45, 7) is 4.89. The summed E-state index contributed by atoms with van der Waals surface area (Å²) >= 11 is 6.90. The van der Waals surface area contributed by atoms with Crippen molar-refractivity contribution in [2.45, 2.75) is 24.9 Å². The second kappa shape index (κ2) is 10.4. The van der Waals surface area contributed by atoms with Crippen molar-refractivity contribution < 1.29 is 9.53 Å². The van der Waals surface area contributed by atoms with Crippen LogP contribution < -0.4 is 21.3 Å². The molecule has 0 spiro atoms. The number of anilines is 5. The molecule has 204 valence electrons. The number of nitrogens with two attached hydrogens (primary N) is 1. The third kappa shape index (κ3) is 5.10. The van der Waals surface area contributed by atoms with E-state index in [0.29, 0.717) is 45.6 Å². The fraction of sp³-hybridized carbons (Fsp3) is 0.480. The molecule has 6 rings (SSSR count). The Morgan fingerprint density at radius 2 is 2.03 bits per heavy atom. The number of nitriles is 1. The first-order valence-corrected chi connectivity index (χ1v) is 13.4. The van der Waals surface area contributed by atoms with Crippen LogP contribution in [0.4, 0.5) is 28.8 Å². The normalized spacial score (nSPS) is 18.2. The SMILES string of the molecule is COCC(=O)N1CC(N2CCN(c3cc(N)cc(Nc4nc(NC5CC5)c5ncc(C#N)n5n4)c3Cl)CC2)C1. The van der Waals surface area contributed by atoms with Gasteiger partial charge in [-0.3, -0.25) is 9.69 Å². The molecule has 2 saturated heterocycles. The number of aromatic nitrogens is 4. The van der Waals surface area contributed by atoms with Crippen molar-refractivity contribution in [1.82, 2.24) is 29.4 Å². The van der Waals surface area contributed by atoms with Gasteiger partial charge in [-0.05, 0) is 25.0 Å². The van der Waals surface area contributed by atoms with Gasteiger partial charge in [0.1, 0.15) is 12.7 Å². The van der Waals surface area contributed by atoms with Gasteiger partial charge in [0, 0.05) is 64.1 Å². The fourth-order valence-electron chi connectivity index (χ4n) is 5.03. The van der Waals surface area contributed by atoms with E-state index in [-0.39, 0.29) is 18.5 Å². The molecule has 1 amide bonds. The molecule has 4 N–H and O–H groups in total. The predicted octanol–water partition coefficient (Wildman–Crippen LogP) is 1.53. The Balaban J connectivity index is 1.17. The minimum absolute atomic E-state index is 0.0365. The Morgan fingerprint density at radius 1 is 1.26 bits per heavy atom. The van der Waals surface area contributed by atoms with Gasteiger partial charge in [-0.2, -0.15) is 14.8 Å². The first-order valence-electron chi connectivity index (χ1n) is 13.0. The minimum atomic E-state index is 0.0365. The summed E-state index contributed by atoms with van der Waals surface area (Å²) in [5.74, 6) is 0.877. The number of ether oxygens (including phenoxy) is 1. The summed E-state index contributed by atoms with van der Waals surface area (Å²) < 4.78 is 6.43. The molecule has 3 aliphatic rings. The second-order valence-electron chi connectivity index (χ2n) is 10.1. The third-order valence-electron chi connectivity index (χ3n) is 7.37. The number of nitrogens with one attached hydrogen (secondary N) is 2. The zero-order valence-corrected chi connectivity index (χ0v) is 22.4. The van der Waals surface area contributed by atoms with Gasteiger partial charge in [-0.1, -0.05) is 11.6 Å². The van der Waals surface area contributed by atoms with Crippen LogP contribution in [-0.4, -0.2) is 100 Å². The zero-order chi connectivity index (χ0) is 27.1. The lowest BCUT2D eigenvalue weighted by Gasteiger charge is -2.48. The molecule has 3 fully saturated rings. The number of hydrogen-bond donors (Lipinski definition) is 3. The monoisotopic (exact) mass is 551 g/mol. The Bertz CT molecular complexity index is 1440. The van der Waals surface area contributed by atoms with Gasteiger partial charge in [0.15, 0.2) is 17.2 Å². The van der Waals surface area contributed by atoms with Crippen molar-refractivity contribution in [2.75, 3.05) is 74.3 Å². The Hall–Kier alpha value is -3.86. The summed E-state index contributed by atoms with van der Waals surface area (Å²) in [6.07, 6.45) is 3.61. The fourth-order valence-corrected chi connectivity index (χ4v) is 5.31. The van der Waals surface area contributed by atoms with E-state index >= 15 is 0 Å². The molecule has 0 unspecified atom stereocenters. The van der Waals surface area contributed by atoms with Crippen LogP contribution in [0.3, 0.4) is 0 Å². The average Bonchev–Trinajstić information content (AvgIpc) is 3.61. The van der Waals surface area contributed by atoms with Crippen molar-refractivity contribution in [2.24, 2.45) is 0 Å². The smallest absolute Gasteiger partial charge is 0.248 e. The van der Waals surface area contributed by atoms with Gasteiger partial charge in [0.25, 0.3) is 0 Å². The number of fused-ring (bicyclic) bond motifs is 1. The van der Waals surface area contributed by atoms with E-state index in [9.17, 15) is 10.1 Å². The summed E-state index contributed by atoms with van der Waals surface area (Å²) in [5.41, 5.74) is 9.07. The number of piperazine rings is 1. The number of carbonyl (C=O) groups is 1. The molecule has 1 aliphatic carbocycles. The number of halogens is 1. The number of benzene rings is 1. The van der Waals surface area contributed by atoms with E-state index in [2.05, 4.69) is 41.6 Å². The number of amides is 1. The van der Waals surface area contributed by atoms with Crippen LogP contribution in [0, 0.1) is 11.3 Å². The number of imidazole rings is 1. The summed E-state index contributed by atoms with van der Waals surface area (Å²) in [7, 11) is 1.54. The highest BCUT2D eigenvalue weighted by molar-refractivity contribution is 6.36. The predicted molar refractivity (Wildman–Crippen MR) is 147 cm³/mol. The van der Waals surface area contributed by atoms with Crippen LogP contribution >= 0.6 is 11.6 Å². The number of methoxy groups -OCH3 is 1. The first kappa shape index (κ1) is 25.4. The molecular weight excluding hydrogens is 522 g/mol. The lowest BCUT2D eigenvalue weighted by atomic mass is 10.1. The topological polar surface area (TPSA) is 153 Å². The van der Waals surface area contributed by atoms with Crippen LogP contribution in [0.15, 0.2) is 18.3 Å². The van der Waals surface area contributed by atoms with Crippen LogP contribution in [-0.2, 0) is 9.53 Å². The number of rotatable bonds is 8. The molecular formula is C25H30ClN11O2. The van der Waals surface area contributed by atoms with Gasteiger partial charge >= 0.3 is 0 Å². The lowest BCUT2D eigenvalue weighted by Crippen LogP contribution is -2.64. The molecule has 2 aromatic heterocycles. The zero-order valence-electron chi connectivity index (χ0n) is 21.6. The molecule has 4 heterocycles. The molecule has 1 aromatic carbocycles. The summed E-state index contributed by atoms with van der Waals surface area (Å²) in [4.78, 5) is 27.4. The highest BCUT2D eigenvalue weighted by Crippen LogP contribution is 2.38. The van der Waals surface area contributed by atoms with Crippen molar-refractivity contribution in [3.05, 3.63) is 29.0 Å². The van der Waals surface area contributed by atoms with Gasteiger partial charge in [0.05, 0.1) is 22.6 Å². The first-order chi connectivity index (χ1) is 18.9. The van der Waals surface area contributed by atoms with E-state index in [0.717, 1.165) is 57.8 Å². The molecule has 0 atom stereocenters. The van der Waals surface area contributed by atoms with E-state index in [1.165, 1.54) is 17.8 Å². The van der Waals surface area contributed by atoms with Gasteiger partial charge in [-0.25, -0.2) is 4.98 Å². The Kier molecular flexibility index (Phi) is 6.76. The molecule has 39 heavy (non-hydrogen) atoms. The van der Waals surface area contributed by atoms with E-state index in [4.69, 9.17) is 22.1 Å². The van der Waals surface area contributed by atoms with Crippen molar-refractivity contribution in [3.8, 4) is 6.07 Å². The highest BCUT2D eigenvalue weighted by Gasteiger charge is 2.36. The van der Waals surface area contributed by atoms with Gasteiger partial charge in [-0.15, -0.1) is 5.10 Å². The standard InChI is InChI=1S/C25H30ClN11O2/c1-39-14-21(38)36-12-18(13-36)34-4-6-35(7-5-34)20-9-15(28)8-19(22(20)26)31-25-32-23(30-16-2-3-16)24-29-11-17(10-27)37(24)33-25/h8-9,11,16,18H,2-7,12-14,28H2,1H3,(H2,30,31,32,33). The quantitative estimate of drug-likeness (QED) is 0.349. The van der Waals surface area contributed by atoms with E-state index < -0.39 is 0 Å². The van der Waals surface area contributed by atoms with Gasteiger partial charge < -0.3 is 30.9 Å². The van der Waals surface area contributed by atoms with Gasteiger partial charge in [0.2, 0.25) is 11.9 Å². The van der Waals surface area contributed by atoms with Crippen molar-refractivity contribution in [1.29, 1.82) is 5.26 Å². The number of hydrogen-bond acceptors (Lipinski definition) is 11. The van der Waals surface area contributed by atoms with Crippen LogP contribution in [0.1, 0.15) is 18.5 Å². The Morgan fingerprint density at radius 3 is 2.72 bits per heavy atom. The molecule has 0 radical (unpaired) electrons. The van der Waals surface area contributed by atoms with E-state index in [1.54, 1.807) is 6.07 Å². The summed E-state index contributed by atoms with van der Waals surface area (Å²) in [6, 6.07) is 6.46. The number of nitrogen functional groups attached to an aromatic ring is 1. The number of nitrogens with zero attached hydrogens (tertiary/aromatic N) is 8. The average molecular weight is 552 g/mol. The van der Waals surface area contributed by atoms with Crippen LogP contribution in [0.5, 0.6) is 0 Å². The van der Waals surface area contributed by atoms with E-state index in [1.807, 2.05) is 11.0 Å². The number of likely N-dealkylation sites (tertiary alicyclic amines) is 1. The molecule has 14 heteroatoms. The molecule has 13 nitrogen and oxygen atoms in total. The Labute approximate surface area is 230 Å².